The highest BCUT2D eigenvalue weighted by Crippen LogP contribution is 2.52. The first-order valence-corrected chi connectivity index (χ1v) is 4.95. The SMILES string of the molecule is CCN(C)C12C=CC(S)=CC1C2. The van der Waals surface area contributed by atoms with E-state index in [1.807, 2.05) is 0 Å². The minimum absolute atomic E-state index is 0.362. The number of nitrogens with zero attached hydrogens (tertiary/aromatic N) is 1. The van der Waals surface area contributed by atoms with Crippen LogP contribution in [0.3, 0.4) is 0 Å². The molecule has 0 amide bonds. The second-order valence-corrected chi connectivity index (χ2v) is 4.26. The average molecular weight is 181 g/mol. The molecule has 66 valence electrons. The molecule has 2 aliphatic carbocycles. The standard InChI is InChI=1S/C10H15NS/c1-3-11(2)10-5-4-9(12)6-8(10)7-10/h4-6,8,12H,3,7H2,1-2H3. The normalized spacial score (nSPS) is 38.0. The van der Waals surface area contributed by atoms with Gasteiger partial charge in [0.05, 0.1) is 0 Å². The lowest BCUT2D eigenvalue weighted by Gasteiger charge is -2.26. The summed E-state index contributed by atoms with van der Waals surface area (Å²) in [5.74, 6) is 0.722. The smallest absolute Gasteiger partial charge is 0.0461 e. The zero-order valence-electron chi connectivity index (χ0n) is 7.62. The average Bonchev–Trinajstić information content (AvgIpc) is 2.78. The van der Waals surface area contributed by atoms with Crippen molar-refractivity contribution in [2.45, 2.75) is 18.9 Å². The molecule has 1 nitrogen and oxygen atoms in total. The van der Waals surface area contributed by atoms with Crippen molar-refractivity contribution in [1.82, 2.24) is 4.90 Å². The largest absolute Gasteiger partial charge is 0.297 e. The van der Waals surface area contributed by atoms with Gasteiger partial charge in [0.2, 0.25) is 0 Å². The van der Waals surface area contributed by atoms with E-state index in [9.17, 15) is 0 Å². The third-order valence-electron chi connectivity index (χ3n) is 3.13. The maximum Gasteiger partial charge on any atom is 0.0461 e. The van der Waals surface area contributed by atoms with Crippen LogP contribution in [0, 0.1) is 5.92 Å². The molecule has 1 fully saturated rings. The molecule has 0 aromatic carbocycles. The Bertz CT molecular complexity index is 257. The van der Waals surface area contributed by atoms with E-state index in [0.717, 1.165) is 17.4 Å². The molecule has 2 unspecified atom stereocenters. The Labute approximate surface area is 79.5 Å². The van der Waals surface area contributed by atoms with Gasteiger partial charge < -0.3 is 0 Å². The van der Waals surface area contributed by atoms with Crippen molar-refractivity contribution >= 4 is 12.6 Å². The van der Waals surface area contributed by atoms with Crippen LogP contribution in [0.25, 0.3) is 0 Å². The fraction of sp³-hybridized carbons (Fsp3) is 0.600. The molecule has 2 heteroatoms. The number of allylic oxidation sites excluding steroid dienone is 1. The number of thiol groups is 1. The lowest BCUT2D eigenvalue weighted by atomic mass is 10.1. The maximum atomic E-state index is 4.34. The van der Waals surface area contributed by atoms with Gasteiger partial charge >= 0.3 is 0 Å². The van der Waals surface area contributed by atoms with Gasteiger partial charge in [0.25, 0.3) is 0 Å². The fourth-order valence-electron chi connectivity index (χ4n) is 2.04. The van der Waals surface area contributed by atoms with E-state index in [4.69, 9.17) is 0 Å². The Balaban J connectivity index is 2.17. The number of rotatable bonds is 2. The summed E-state index contributed by atoms with van der Waals surface area (Å²) in [6, 6.07) is 0. The summed E-state index contributed by atoms with van der Waals surface area (Å²) < 4.78 is 0. The van der Waals surface area contributed by atoms with Crippen molar-refractivity contribution in [2.75, 3.05) is 13.6 Å². The number of fused-ring (bicyclic) bond motifs is 1. The highest BCUT2D eigenvalue weighted by Gasteiger charge is 2.54. The van der Waals surface area contributed by atoms with Crippen molar-refractivity contribution in [3.05, 3.63) is 23.1 Å². The minimum Gasteiger partial charge on any atom is -0.297 e. The van der Waals surface area contributed by atoms with Crippen molar-refractivity contribution in [3.63, 3.8) is 0 Å². The zero-order valence-corrected chi connectivity index (χ0v) is 8.51. The molecule has 0 saturated heterocycles. The summed E-state index contributed by atoms with van der Waals surface area (Å²) in [6.07, 6.45) is 7.98. The van der Waals surface area contributed by atoms with Gasteiger partial charge in [-0.2, -0.15) is 0 Å². The number of hydrogen-bond acceptors (Lipinski definition) is 2. The van der Waals surface area contributed by atoms with Gasteiger partial charge in [0.15, 0.2) is 0 Å². The Morgan fingerprint density at radius 2 is 2.50 bits per heavy atom. The van der Waals surface area contributed by atoms with Crippen LogP contribution in [0.4, 0.5) is 0 Å². The Hall–Kier alpha value is -0.210. The van der Waals surface area contributed by atoms with E-state index >= 15 is 0 Å². The Morgan fingerprint density at radius 1 is 1.75 bits per heavy atom. The summed E-state index contributed by atoms with van der Waals surface area (Å²) in [7, 11) is 2.20. The summed E-state index contributed by atoms with van der Waals surface area (Å²) in [5, 5.41) is 0. The van der Waals surface area contributed by atoms with E-state index in [1.54, 1.807) is 0 Å². The molecule has 2 aliphatic rings. The van der Waals surface area contributed by atoms with Crippen molar-refractivity contribution in [1.29, 1.82) is 0 Å². The lowest BCUT2D eigenvalue weighted by Crippen LogP contribution is -2.34. The molecule has 0 N–H and O–H groups in total. The van der Waals surface area contributed by atoms with E-state index in [-0.39, 0.29) is 0 Å². The fourth-order valence-corrected chi connectivity index (χ4v) is 2.29. The van der Waals surface area contributed by atoms with Gasteiger partial charge in [-0.25, -0.2) is 0 Å². The molecular formula is C10H15NS. The van der Waals surface area contributed by atoms with Gasteiger partial charge in [-0.3, -0.25) is 4.90 Å². The van der Waals surface area contributed by atoms with Crippen LogP contribution in [-0.2, 0) is 0 Å². The Kier molecular flexibility index (Phi) is 1.85. The van der Waals surface area contributed by atoms with Crippen molar-refractivity contribution in [2.24, 2.45) is 5.92 Å². The van der Waals surface area contributed by atoms with Crippen LogP contribution in [-0.4, -0.2) is 24.0 Å². The molecule has 0 spiro atoms. The molecule has 12 heavy (non-hydrogen) atoms. The zero-order chi connectivity index (χ0) is 8.77. The topological polar surface area (TPSA) is 3.24 Å². The molecule has 2 rings (SSSR count). The Morgan fingerprint density at radius 3 is 3.08 bits per heavy atom. The molecular weight excluding hydrogens is 166 g/mol. The van der Waals surface area contributed by atoms with E-state index in [2.05, 4.69) is 49.7 Å². The molecule has 1 saturated carbocycles. The van der Waals surface area contributed by atoms with Gasteiger partial charge in [-0.05, 0) is 20.0 Å². The van der Waals surface area contributed by atoms with Crippen LogP contribution in [0.5, 0.6) is 0 Å². The van der Waals surface area contributed by atoms with Gasteiger partial charge in [0.1, 0.15) is 0 Å². The van der Waals surface area contributed by atoms with Crippen LogP contribution in [0.2, 0.25) is 0 Å². The van der Waals surface area contributed by atoms with E-state index in [0.29, 0.717) is 5.54 Å². The number of hydrogen-bond donors (Lipinski definition) is 1. The van der Waals surface area contributed by atoms with Gasteiger partial charge in [-0.1, -0.05) is 25.2 Å². The summed E-state index contributed by atoms with van der Waals surface area (Å²) in [4.78, 5) is 3.54. The monoisotopic (exact) mass is 181 g/mol. The summed E-state index contributed by atoms with van der Waals surface area (Å²) >= 11 is 4.34. The van der Waals surface area contributed by atoms with Gasteiger partial charge in [0, 0.05) is 16.4 Å². The highest BCUT2D eigenvalue weighted by molar-refractivity contribution is 7.84. The van der Waals surface area contributed by atoms with Crippen LogP contribution in [0.15, 0.2) is 23.1 Å². The first kappa shape index (κ1) is 8.39. The second-order valence-electron chi connectivity index (χ2n) is 3.74. The lowest BCUT2D eigenvalue weighted by molar-refractivity contribution is 0.267. The minimum atomic E-state index is 0.362. The third kappa shape index (κ3) is 1.05. The molecule has 0 heterocycles. The van der Waals surface area contributed by atoms with Crippen LogP contribution >= 0.6 is 12.6 Å². The second kappa shape index (κ2) is 2.64. The van der Waals surface area contributed by atoms with Crippen molar-refractivity contribution < 1.29 is 0 Å². The molecule has 0 aromatic rings. The molecule has 0 bridgehead atoms. The number of likely N-dealkylation sites (N-methyl/N-ethyl adjacent to an activating group) is 1. The molecule has 0 aromatic heterocycles. The predicted octanol–water partition coefficient (Wildman–Crippen LogP) is 2.08. The van der Waals surface area contributed by atoms with Gasteiger partial charge in [-0.15, -0.1) is 12.6 Å². The first-order valence-electron chi connectivity index (χ1n) is 4.50. The van der Waals surface area contributed by atoms with E-state index in [1.165, 1.54) is 6.42 Å². The molecule has 0 radical (unpaired) electrons. The quantitative estimate of drug-likeness (QED) is 0.638. The summed E-state index contributed by atoms with van der Waals surface area (Å²) in [6.45, 7) is 3.33. The molecule has 0 aliphatic heterocycles. The first-order chi connectivity index (χ1) is 5.69. The van der Waals surface area contributed by atoms with Crippen LogP contribution in [0.1, 0.15) is 13.3 Å². The van der Waals surface area contributed by atoms with Crippen LogP contribution < -0.4 is 0 Å². The van der Waals surface area contributed by atoms with E-state index < -0.39 is 0 Å². The maximum absolute atomic E-state index is 4.34. The predicted molar refractivity (Wildman–Crippen MR) is 55.4 cm³/mol. The third-order valence-corrected chi connectivity index (χ3v) is 3.43. The molecule has 2 atom stereocenters. The van der Waals surface area contributed by atoms with Crippen molar-refractivity contribution in [3.8, 4) is 0 Å². The highest BCUT2D eigenvalue weighted by atomic mass is 32.1. The summed E-state index contributed by atoms with van der Waals surface area (Å²) in [5.41, 5.74) is 0.362.